The first kappa shape index (κ1) is 18.4. The molecule has 1 unspecified atom stereocenters. The summed E-state index contributed by atoms with van der Waals surface area (Å²) in [6.07, 6.45) is 3.98. The fourth-order valence-corrected chi connectivity index (χ4v) is 4.42. The molecule has 150 valence electrons. The van der Waals surface area contributed by atoms with Crippen molar-refractivity contribution in [1.82, 2.24) is 15.2 Å². The number of hydrogen-bond acceptors (Lipinski definition) is 8. The zero-order chi connectivity index (χ0) is 20.8. The van der Waals surface area contributed by atoms with Crippen LogP contribution >= 0.6 is 11.3 Å². The second-order valence-electron chi connectivity index (χ2n) is 6.73. The summed E-state index contributed by atoms with van der Waals surface area (Å²) < 4.78 is 11.2. The van der Waals surface area contributed by atoms with Gasteiger partial charge in [0.2, 0.25) is 10.9 Å². The van der Waals surface area contributed by atoms with Crippen LogP contribution in [0.4, 0.5) is 5.13 Å². The number of hydrogen-bond donors (Lipinski definition) is 0. The minimum absolute atomic E-state index is 0.00264. The molecule has 0 aliphatic carbocycles. The molecule has 5 rings (SSSR count). The highest BCUT2D eigenvalue weighted by molar-refractivity contribution is 7.15. The number of ether oxygens (including phenoxy) is 1. The highest BCUT2D eigenvalue weighted by Crippen LogP contribution is 2.42. The van der Waals surface area contributed by atoms with Crippen LogP contribution in [-0.2, 0) is 6.42 Å². The molecule has 1 aromatic carbocycles. The Morgan fingerprint density at radius 2 is 2.10 bits per heavy atom. The molecule has 1 amide bonds. The van der Waals surface area contributed by atoms with Crippen LogP contribution in [0.2, 0.25) is 0 Å². The van der Waals surface area contributed by atoms with Gasteiger partial charge in [-0.1, -0.05) is 24.3 Å². The number of rotatable bonds is 4. The number of nitrogens with zero attached hydrogens (tertiary/aromatic N) is 4. The lowest BCUT2D eigenvalue weighted by Gasteiger charge is -2.21. The van der Waals surface area contributed by atoms with Crippen molar-refractivity contribution in [1.29, 1.82) is 0 Å². The normalized spacial score (nSPS) is 15.6. The van der Waals surface area contributed by atoms with Crippen LogP contribution in [0, 0.1) is 0 Å². The zero-order valence-electron chi connectivity index (χ0n) is 16.2. The number of aromatic nitrogens is 3. The van der Waals surface area contributed by atoms with E-state index in [9.17, 15) is 9.59 Å². The van der Waals surface area contributed by atoms with Crippen molar-refractivity contribution in [3.05, 3.63) is 74.8 Å². The van der Waals surface area contributed by atoms with Crippen LogP contribution in [0.3, 0.4) is 0 Å². The van der Waals surface area contributed by atoms with Crippen LogP contribution in [0.15, 0.2) is 51.9 Å². The topological polar surface area (TPSA) is 98.4 Å². The fourth-order valence-electron chi connectivity index (χ4n) is 3.61. The van der Waals surface area contributed by atoms with Gasteiger partial charge in [-0.25, -0.2) is 0 Å². The second kappa shape index (κ2) is 7.03. The van der Waals surface area contributed by atoms with E-state index in [1.54, 1.807) is 36.7 Å². The minimum Gasteiger partial charge on any atom is -0.497 e. The number of pyridine rings is 1. The smallest absolute Gasteiger partial charge is 0.297 e. The molecule has 4 heterocycles. The maximum absolute atomic E-state index is 13.5. The van der Waals surface area contributed by atoms with Gasteiger partial charge in [-0.2, -0.15) is 0 Å². The van der Waals surface area contributed by atoms with E-state index in [-0.39, 0.29) is 16.8 Å². The average Bonchev–Trinajstić information content (AvgIpc) is 3.37. The molecule has 1 aliphatic heterocycles. The third-order valence-electron chi connectivity index (χ3n) is 5.04. The van der Waals surface area contributed by atoms with Gasteiger partial charge in [0.05, 0.1) is 24.1 Å². The van der Waals surface area contributed by atoms with E-state index in [0.29, 0.717) is 33.8 Å². The molecule has 0 bridgehead atoms. The van der Waals surface area contributed by atoms with Gasteiger partial charge in [0, 0.05) is 18.5 Å². The first-order valence-corrected chi connectivity index (χ1v) is 10.1. The van der Waals surface area contributed by atoms with E-state index in [1.807, 2.05) is 13.0 Å². The molecule has 9 heteroatoms. The van der Waals surface area contributed by atoms with E-state index in [1.165, 1.54) is 23.3 Å². The second-order valence-corrected chi connectivity index (χ2v) is 7.77. The van der Waals surface area contributed by atoms with E-state index in [2.05, 4.69) is 15.2 Å². The monoisotopic (exact) mass is 420 g/mol. The molecule has 3 aromatic heterocycles. The SMILES string of the molecule is CCc1nnc(N2C(=O)c3oc4cc(OC)ccc4c(=O)c3C2c2cccnc2)s1. The summed E-state index contributed by atoms with van der Waals surface area (Å²) in [7, 11) is 1.53. The summed E-state index contributed by atoms with van der Waals surface area (Å²) >= 11 is 1.32. The summed E-state index contributed by atoms with van der Waals surface area (Å²) in [5.74, 6) is 0.107. The number of carbonyl (C=O) groups excluding carboxylic acids is 1. The Hall–Kier alpha value is -3.59. The Bertz CT molecular complexity index is 1330. The Kier molecular flexibility index (Phi) is 4.32. The number of fused-ring (bicyclic) bond motifs is 2. The molecule has 1 aliphatic rings. The van der Waals surface area contributed by atoms with Gasteiger partial charge in [0.25, 0.3) is 5.91 Å². The molecule has 0 saturated carbocycles. The van der Waals surface area contributed by atoms with Crippen molar-refractivity contribution in [3.8, 4) is 5.75 Å². The molecule has 30 heavy (non-hydrogen) atoms. The fraction of sp³-hybridized carbons (Fsp3) is 0.190. The van der Waals surface area contributed by atoms with Crippen molar-refractivity contribution in [2.45, 2.75) is 19.4 Å². The predicted molar refractivity (Wildman–Crippen MR) is 111 cm³/mol. The summed E-state index contributed by atoms with van der Waals surface area (Å²) in [4.78, 5) is 32.5. The van der Waals surface area contributed by atoms with E-state index in [0.717, 1.165) is 5.01 Å². The Morgan fingerprint density at radius 1 is 1.23 bits per heavy atom. The number of aryl methyl sites for hydroxylation is 1. The third-order valence-corrected chi connectivity index (χ3v) is 6.11. The first-order chi connectivity index (χ1) is 14.6. The largest absolute Gasteiger partial charge is 0.497 e. The van der Waals surface area contributed by atoms with Crippen molar-refractivity contribution < 1.29 is 13.9 Å². The van der Waals surface area contributed by atoms with Gasteiger partial charge in [0.1, 0.15) is 16.3 Å². The van der Waals surface area contributed by atoms with E-state index >= 15 is 0 Å². The van der Waals surface area contributed by atoms with Crippen LogP contribution in [0.5, 0.6) is 5.75 Å². The van der Waals surface area contributed by atoms with Crippen LogP contribution < -0.4 is 15.1 Å². The van der Waals surface area contributed by atoms with Crippen LogP contribution in [0.1, 0.15) is 39.7 Å². The standard InChI is InChI=1S/C21H16N4O4S/c1-3-15-23-24-21(30-15)25-17(11-5-4-8-22-10-11)16-18(26)13-7-6-12(28-2)9-14(13)29-19(16)20(25)27/h4-10,17H,3H2,1-2H3. The number of anilines is 1. The van der Waals surface area contributed by atoms with Crippen LogP contribution in [0.25, 0.3) is 11.0 Å². The molecular formula is C21H16N4O4S. The maximum Gasteiger partial charge on any atom is 0.297 e. The van der Waals surface area contributed by atoms with Gasteiger partial charge >= 0.3 is 0 Å². The Labute approximate surface area is 174 Å². The lowest BCUT2D eigenvalue weighted by molar-refractivity contribution is 0.0970. The summed E-state index contributed by atoms with van der Waals surface area (Å²) in [6.45, 7) is 1.97. The molecule has 0 N–H and O–H groups in total. The molecule has 1 atom stereocenters. The van der Waals surface area contributed by atoms with Crippen molar-refractivity contribution >= 4 is 33.3 Å². The summed E-state index contributed by atoms with van der Waals surface area (Å²) in [6, 6.07) is 7.84. The van der Waals surface area contributed by atoms with Crippen molar-refractivity contribution in [2.75, 3.05) is 12.0 Å². The highest BCUT2D eigenvalue weighted by Gasteiger charge is 2.45. The van der Waals surface area contributed by atoms with Gasteiger partial charge in [-0.3, -0.25) is 19.5 Å². The molecule has 0 fully saturated rings. The summed E-state index contributed by atoms with van der Waals surface area (Å²) in [5.41, 5.74) is 1.00. The lowest BCUT2D eigenvalue weighted by atomic mass is 10.00. The zero-order valence-corrected chi connectivity index (χ0v) is 17.0. The minimum atomic E-state index is -0.693. The van der Waals surface area contributed by atoms with E-state index in [4.69, 9.17) is 9.15 Å². The molecular weight excluding hydrogens is 404 g/mol. The van der Waals surface area contributed by atoms with Gasteiger partial charge in [-0.15, -0.1) is 10.2 Å². The van der Waals surface area contributed by atoms with Crippen molar-refractivity contribution in [3.63, 3.8) is 0 Å². The number of methoxy groups -OCH3 is 1. The number of benzene rings is 1. The van der Waals surface area contributed by atoms with Crippen LogP contribution in [-0.4, -0.2) is 28.2 Å². The molecule has 0 saturated heterocycles. The van der Waals surface area contributed by atoms with Gasteiger partial charge in [-0.05, 0) is 30.2 Å². The molecule has 0 radical (unpaired) electrons. The van der Waals surface area contributed by atoms with Gasteiger partial charge in [0.15, 0.2) is 5.43 Å². The van der Waals surface area contributed by atoms with Gasteiger partial charge < -0.3 is 9.15 Å². The lowest BCUT2D eigenvalue weighted by Crippen LogP contribution is -2.29. The third kappa shape index (κ3) is 2.70. The highest BCUT2D eigenvalue weighted by atomic mass is 32.1. The molecule has 4 aromatic rings. The number of amides is 1. The average molecular weight is 420 g/mol. The summed E-state index contributed by atoms with van der Waals surface area (Å²) in [5, 5.41) is 9.93. The Balaban J connectivity index is 1.79. The quantitative estimate of drug-likeness (QED) is 0.499. The Morgan fingerprint density at radius 3 is 2.80 bits per heavy atom. The van der Waals surface area contributed by atoms with E-state index < -0.39 is 11.9 Å². The molecule has 8 nitrogen and oxygen atoms in total. The van der Waals surface area contributed by atoms with Crippen molar-refractivity contribution in [2.24, 2.45) is 0 Å². The number of carbonyl (C=O) groups is 1. The molecule has 0 spiro atoms. The maximum atomic E-state index is 13.5. The predicted octanol–water partition coefficient (Wildman–Crippen LogP) is 3.36. The first-order valence-electron chi connectivity index (χ1n) is 9.33.